The highest BCUT2D eigenvalue weighted by Gasteiger charge is 2.13. The fourth-order valence-electron chi connectivity index (χ4n) is 3.00. The van der Waals surface area contributed by atoms with Crippen LogP contribution in [0.25, 0.3) is 21.9 Å². The minimum absolute atomic E-state index is 0.0988. The van der Waals surface area contributed by atoms with Gasteiger partial charge in [0.15, 0.2) is 5.43 Å². The topological polar surface area (TPSA) is 94.2 Å². The van der Waals surface area contributed by atoms with Gasteiger partial charge in [0.25, 0.3) is 5.56 Å². The van der Waals surface area contributed by atoms with Crippen LogP contribution in [0.3, 0.4) is 0 Å². The van der Waals surface area contributed by atoms with Crippen LogP contribution in [0.15, 0.2) is 62.7 Å². The Morgan fingerprint density at radius 3 is 2.79 bits per heavy atom. The molecule has 0 aliphatic carbocycles. The molecule has 8 heteroatoms. The van der Waals surface area contributed by atoms with E-state index in [0.29, 0.717) is 28.0 Å². The largest absolute Gasteiger partial charge is 0.464 e. The molecule has 2 aromatic heterocycles. The van der Waals surface area contributed by atoms with Crippen LogP contribution in [0.5, 0.6) is 0 Å². The Balaban J connectivity index is 1.65. The highest BCUT2D eigenvalue weighted by Crippen LogP contribution is 2.16. The van der Waals surface area contributed by atoms with Gasteiger partial charge in [-0.25, -0.2) is 9.37 Å². The van der Waals surface area contributed by atoms with Crippen LogP contribution in [-0.2, 0) is 11.3 Å². The number of anilines is 1. The summed E-state index contributed by atoms with van der Waals surface area (Å²) in [6.45, 7) is 1.30. The number of fused-ring (bicyclic) bond motifs is 2. The first kappa shape index (κ1) is 17.6. The van der Waals surface area contributed by atoms with Gasteiger partial charge in [0.2, 0.25) is 5.91 Å². The normalized spacial score (nSPS) is 11.1. The van der Waals surface area contributed by atoms with Crippen LogP contribution in [-0.4, -0.2) is 15.5 Å². The van der Waals surface area contributed by atoms with Gasteiger partial charge < -0.3 is 9.73 Å². The van der Waals surface area contributed by atoms with Crippen LogP contribution in [0.1, 0.15) is 5.82 Å². The molecular formula is C20H14FN3O4. The first-order chi connectivity index (χ1) is 13.4. The fraction of sp³-hybridized carbons (Fsp3) is 0.100. The number of aryl methyl sites for hydroxylation is 1. The molecule has 0 bridgehead atoms. The zero-order valence-corrected chi connectivity index (χ0v) is 14.7. The molecule has 0 saturated carbocycles. The minimum Gasteiger partial charge on any atom is -0.464 e. The predicted octanol–water partition coefficient (Wildman–Crippen LogP) is 2.59. The number of nitrogens with zero attached hydrogens (tertiary/aromatic N) is 2. The summed E-state index contributed by atoms with van der Waals surface area (Å²) in [5.74, 6) is -0.706. The lowest BCUT2D eigenvalue weighted by Gasteiger charge is -2.11. The van der Waals surface area contributed by atoms with E-state index in [0.717, 1.165) is 6.07 Å². The Morgan fingerprint density at radius 1 is 1.14 bits per heavy atom. The zero-order valence-electron chi connectivity index (χ0n) is 14.7. The van der Waals surface area contributed by atoms with Gasteiger partial charge in [0.1, 0.15) is 23.8 Å². The van der Waals surface area contributed by atoms with E-state index in [4.69, 9.17) is 4.42 Å². The molecule has 2 aromatic carbocycles. The average molecular weight is 379 g/mol. The molecule has 7 nitrogen and oxygen atoms in total. The lowest BCUT2D eigenvalue weighted by atomic mass is 10.2. The van der Waals surface area contributed by atoms with Gasteiger partial charge in [-0.15, -0.1) is 0 Å². The van der Waals surface area contributed by atoms with Crippen molar-refractivity contribution in [2.75, 3.05) is 5.32 Å². The van der Waals surface area contributed by atoms with E-state index in [1.807, 2.05) is 0 Å². The number of nitrogens with one attached hydrogen (secondary N) is 1. The summed E-state index contributed by atoms with van der Waals surface area (Å²) in [4.78, 5) is 41.2. The van der Waals surface area contributed by atoms with Gasteiger partial charge in [-0.3, -0.25) is 19.0 Å². The summed E-state index contributed by atoms with van der Waals surface area (Å²) in [7, 11) is 0. The molecular weight excluding hydrogens is 365 g/mol. The van der Waals surface area contributed by atoms with Crippen LogP contribution in [0.4, 0.5) is 10.1 Å². The third kappa shape index (κ3) is 3.16. The standard InChI is InChI=1S/C20H14FN3O4/c1-11-22-16-4-2-12(21)8-14(16)20(27)24(11)10-19(26)23-13-3-5-18-15(9-13)17(25)6-7-28-18/h2-9H,10H2,1H3,(H,23,26). The molecule has 2 heterocycles. The second kappa shape index (κ2) is 6.73. The second-order valence-electron chi connectivity index (χ2n) is 6.26. The smallest absolute Gasteiger partial charge is 0.261 e. The van der Waals surface area contributed by atoms with Gasteiger partial charge in [-0.1, -0.05) is 0 Å². The quantitative estimate of drug-likeness (QED) is 0.590. The Bertz CT molecular complexity index is 1360. The van der Waals surface area contributed by atoms with Gasteiger partial charge in [0, 0.05) is 11.8 Å². The monoisotopic (exact) mass is 379 g/mol. The first-order valence-corrected chi connectivity index (χ1v) is 8.40. The van der Waals surface area contributed by atoms with Gasteiger partial charge >= 0.3 is 0 Å². The lowest BCUT2D eigenvalue weighted by Crippen LogP contribution is -2.30. The third-order valence-electron chi connectivity index (χ3n) is 4.35. The van der Waals surface area contributed by atoms with Crippen LogP contribution < -0.4 is 16.3 Å². The van der Waals surface area contributed by atoms with Gasteiger partial charge in [-0.2, -0.15) is 0 Å². The highest BCUT2D eigenvalue weighted by atomic mass is 19.1. The van der Waals surface area contributed by atoms with Crippen molar-refractivity contribution in [1.82, 2.24) is 9.55 Å². The summed E-state index contributed by atoms with van der Waals surface area (Å²) in [5.41, 5.74) is 0.420. The minimum atomic E-state index is -0.554. The molecule has 1 amide bonds. The molecule has 0 aliphatic rings. The maximum absolute atomic E-state index is 13.5. The molecule has 0 aliphatic heterocycles. The van der Waals surface area contributed by atoms with Crippen molar-refractivity contribution in [3.8, 4) is 0 Å². The van der Waals surface area contributed by atoms with Crippen molar-refractivity contribution in [3.05, 3.63) is 80.9 Å². The van der Waals surface area contributed by atoms with Crippen molar-refractivity contribution in [2.24, 2.45) is 0 Å². The Labute approximate surface area is 157 Å². The molecule has 4 aromatic rings. The second-order valence-corrected chi connectivity index (χ2v) is 6.26. The molecule has 0 spiro atoms. The van der Waals surface area contributed by atoms with Crippen LogP contribution >= 0.6 is 0 Å². The summed E-state index contributed by atoms with van der Waals surface area (Å²) in [6, 6.07) is 9.70. The summed E-state index contributed by atoms with van der Waals surface area (Å²) < 4.78 is 19.9. The third-order valence-corrected chi connectivity index (χ3v) is 4.35. The van der Waals surface area contributed by atoms with E-state index in [1.54, 1.807) is 19.1 Å². The van der Waals surface area contributed by atoms with Gasteiger partial charge in [-0.05, 0) is 43.3 Å². The highest BCUT2D eigenvalue weighted by molar-refractivity contribution is 5.93. The van der Waals surface area contributed by atoms with Crippen molar-refractivity contribution >= 4 is 33.5 Å². The van der Waals surface area contributed by atoms with E-state index in [-0.39, 0.29) is 17.4 Å². The van der Waals surface area contributed by atoms with E-state index in [2.05, 4.69) is 10.3 Å². The number of amides is 1. The van der Waals surface area contributed by atoms with Crippen LogP contribution in [0.2, 0.25) is 0 Å². The molecule has 1 N–H and O–H groups in total. The number of aromatic nitrogens is 2. The van der Waals surface area contributed by atoms with Gasteiger partial charge in [0.05, 0.1) is 22.6 Å². The van der Waals surface area contributed by atoms with Crippen molar-refractivity contribution in [1.29, 1.82) is 0 Å². The van der Waals surface area contributed by atoms with E-state index < -0.39 is 17.3 Å². The molecule has 0 fully saturated rings. The number of hydrogen-bond acceptors (Lipinski definition) is 5. The number of halogens is 1. The molecule has 0 saturated heterocycles. The van der Waals surface area contributed by atoms with Crippen LogP contribution in [0, 0.1) is 12.7 Å². The van der Waals surface area contributed by atoms with E-state index in [1.165, 1.54) is 35.1 Å². The fourth-order valence-corrected chi connectivity index (χ4v) is 3.00. The average Bonchev–Trinajstić information content (AvgIpc) is 2.66. The molecule has 0 unspecified atom stereocenters. The Morgan fingerprint density at radius 2 is 1.96 bits per heavy atom. The first-order valence-electron chi connectivity index (χ1n) is 8.40. The number of hydrogen-bond donors (Lipinski definition) is 1. The van der Waals surface area contributed by atoms with Crippen molar-refractivity contribution in [3.63, 3.8) is 0 Å². The molecule has 140 valence electrons. The Kier molecular flexibility index (Phi) is 4.23. The number of rotatable bonds is 3. The predicted molar refractivity (Wildman–Crippen MR) is 102 cm³/mol. The maximum atomic E-state index is 13.5. The summed E-state index contributed by atoms with van der Waals surface area (Å²) in [6.07, 6.45) is 1.30. The number of benzene rings is 2. The van der Waals surface area contributed by atoms with E-state index >= 15 is 0 Å². The zero-order chi connectivity index (χ0) is 19.8. The van der Waals surface area contributed by atoms with E-state index in [9.17, 15) is 18.8 Å². The summed E-state index contributed by atoms with van der Waals surface area (Å²) in [5, 5.41) is 3.07. The Hall–Kier alpha value is -3.81. The van der Waals surface area contributed by atoms with Crippen molar-refractivity contribution in [2.45, 2.75) is 13.5 Å². The summed E-state index contributed by atoms with van der Waals surface area (Å²) >= 11 is 0. The number of carbonyl (C=O) groups excluding carboxylic acids is 1. The molecule has 0 atom stereocenters. The number of carbonyl (C=O) groups is 1. The van der Waals surface area contributed by atoms with Crippen molar-refractivity contribution < 1.29 is 13.6 Å². The molecule has 0 radical (unpaired) electrons. The molecule has 28 heavy (non-hydrogen) atoms. The lowest BCUT2D eigenvalue weighted by molar-refractivity contribution is -0.116. The maximum Gasteiger partial charge on any atom is 0.261 e. The molecule has 4 rings (SSSR count). The SMILES string of the molecule is Cc1nc2ccc(F)cc2c(=O)n1CC(=O)Nc1ccc2occc(=O)c2c1.